The molecule has 26 heteroatoms. The van der Waals surface area contributed by atoms with Crippen LogP contribution in [0.3, 0.4) is 0 Å². The number of imidazole rings is 2. The molecule has 4 atom stereocenters. The highest BCUT2D eigenvalue weighted by molar-refractivity contribution is 7.54. The summed E-state index contributed by atoms with van der Waals surface area (Å²) in [4.78, 5) is 35.0. The Hall–Kier alpha value is -4.58. The Morgan fingerprint density at radius 1 is 0.457 bits per heavy atom. The van der Waals surface area contributed by atoms with Crippen LogP contribution in [0.25, 0.3) is 22.3 Å². The highest BCUT2D eigenvalue weighted by Gasteiger charge is 2.30. The second-order valence-electron chi connectivity index (χ2n) is 24.0. The maximum Gasteiger partial charge on any atom is 0.404 e. The molecular formula is C66H118N12O12P2. The first-order valence-electron chi connectivity index (χ1n) is 34.6. The summed E-state index contributed by atoms with van der Waals surface area (Å²) in [6.07, 6.45) is 43.8. The summed E-state index contributed by atoms with van der Waals surface area (Å²) in [6, 6.07) is 8.91. The van der Waals surface area contributed by atoms with E-state index in [2.05, 4.69) is 43.8 Å². The highest BCUT2D eigenvalue weighted by atomic mass is 31.2. The number of hydrogen-bond acceptors (Lipinski definition) is 21. The molecular weight excluding hydrogens is 1210 g/mol. The van der Waals surface area contributed by atoms with E-state index in [-0.39, 0.29) is 76.0 Å². The molecule has 0 fully saturated rings. The number of aromatic nitrogens is 8. The molecule has 2 unspecified atom stereocenters. The van der Waals surface area contributed by atoms with Crippen molar-refractivity contribution in [3.63, 3.8) is 0 Å². The van der Waals surface area contributed by atoms with Gasteiger partial charge in [-0.15, -0.1) is 0 Å². The first-order valence-corrected chi connectivity index (χ1v) is 38.1. The molecule has 92 heavy (non-hydrogen) atoms. The monoisotopic (exact) mass is 1330 g/mol. The fraction of sp³-hybridized carbons (Fsp3) is 0.758. The average Bonchev–Trinajstić information content (AvgIpc) is 1.67. The third-order valence-electron chi connectivity index (χ3n) is 15.8. The molecule has 5 aromatic rings. The van der Waals surface area contributed by atoms with Gasteiger partial charge in [0.05, 0.1) is 77.6 Å². The summed E-state index contributed by atoms with van der Waals surface area (Å²) in [5.74, 6) is 0.867. The van der Waals surface area contributed by atoms with E-state index >= 15 is 0 Å². The van der Waals surface area contributed by atoms with Gasteiger partial charge < -0.3 is 74.4 Å². The smallest absolute Gasteiger partial charge is 0.404 e. The number of hydrogen-bond donors (Lipinski definition) is 5. The molecule has 0 saturated heterocycles. The normalized spacial score (nSPS) is 13.7. The minimum absolute atomic E-state index is 0.0204. The van der Waals surface area contributed by atoms with Crippen LogP contribution in [-0.4, -0.2) is 136 Å². The first kappa shape index (κ1) is 79.9. The summed E-state index contributed by atoms with van der Waals surface area (Å²) in [5, 5.41) is 0. The predicted molar refractivity (Wildman–Crippen MR) is 369 cm³/mol. The lowest BCUT2D eigenvalue weighted by Crippen LogP contribution is -2.26. The average molecular weight is 1330 g/mol. The molecule has 0 radical (unpaired) electrons. The van der Waals surface area contributed by atoms with E-state index in [9.17, 15) is 14.0 Å². The standard InChI is InChI=1S/C36H61N6O6P.C30H57N6O6P/c1-3-4-5-6-7-8-9-10-11-12-13-14-15-16-17-21-24-45-25-26-47-49(43,48-31-22-19-18-20-23-31)30-46-32(28-44-2)27-42-29-39-33-34(37)40-36(38)41-35(33)42;1-3-4-5-6-7-8-9-10-11-12-13-14-15-16-17-18-19-40-20-21-42-43(37,38)25-41-26(23-39-2)22-36-24-33-27-28(31)34-30(32)35-29(27)36/h18-20,22-23,29,32H,3-17,21,24-28,30H2,1-2H3,(H4,37,38,40,41);24,26H,3-23,25H2,1-2H3,(H,37,38)(H4,31,32,34,35)/t32-,49?;26-/m00/s1. The second-order valence-corrected chi connectivity index (χ2v) is 27.7. The van der Waals surface area contributed by atoms with Gasteiger partial charge in [0.25, 0.3) is 0 Å². The number of methoxy groups -OCH3 is 2. The van der Waals surface area contributed by atoms with E-state index in [1.807, 2.05) is 6.07 Å². The van der Waals surface area contributed by atoms with E-state index < -0.39 is 33.7 Å². The lowest BCUT2D eigenvalue weighted by atomic mass is 10.0. The van der Waals surface area contributed by atoms with Gasteiger partial charge in [0.1, 0.15) is 23.1 Å². The second kappa shape index (κ2) is 49.9. The predicted octanol–water partition coefficient (Wildman–Crippen LogP) is 15.0. The summed E-state index contributed by atoms with van der Waals surface area (Å²) in [6.45, 7) is 7.45. The van der Waals surface area contributed by atoms with Gasteiger partial charge in [0.15, 0.2) is 29.3 Å². The van der Waals surface area contributed by atoms with Crippen molar-refractivity contribution >= 4 is 61.1 Å². The van der Waals surface area contributed by atoms with Crippen molar-refractivity contribution in [3.8, 4) is 5.75 Å². The quantitative estimate of drug-likeness (QED) is 0.0178. The van der Waals surface area contributed by atoms with Crippen LogP contribution >= 0.6 is 15.2 Å². The summed E-state index contributed by atoms with van der Waals surface area (Å²) >= 11 is 0. The molecule has 9 N–H and O–H groups in total. The van der Waals surface area contributed by atoms with Crippen molar-refractivity contribution in [2.45, 2.75) is 245 Å². The van der Waals surface area contributed by atoms with Crippen molar-refractivity contribution in [3.05, 3.63) is 43.0 Å². The molecule has 4 heterocycles. The number of unbranched alkanes of at least 4 members (excludes halogenated alkanes) is 30. The largest absolute Gasteiger partial charge is 0.423 e. The number of anilines is 4. The van der Waals surface area contributed by atoms with Crippen LogP contribution in [0.1, 0.15) is 219 Å². The van der Waals surface area contributed by atoms with Gasteiger partial charge in [0, 0.05) is 27.4 Å². The van der Waals surface area contributed by atoms with Crippen molar-refractivity contribution in [1.29, 1.82) is 0 Å². The molecule has 4 aromatic heterocycles. The zero-order chi connectivity index (χ0) is 66.2. The third kappa shape index (κ3) is 35.8. The van der Waals surface area contributed by atoms with Crippen molar-refractivity contribution in [2.75, 3.05) is 103 Å². The van der Waals surface area contributed by atoms with Crippen LogP contribution in [-0.2, 0) is 59.7 Å². The summed E-state index contributed by atoms with van der Waals surface area (Å²) in [7, 11) is -4.60. The molecule has 0 aliphatic heterocycles. The summed E-state index contributed by atoms with van der Waals surface area (Å²) in [5.41, 5.74) is 25.1. The molecule has 0 saturated carbocycles. The molecule has 1 aromatic carbocycles. The fourth-order valence-corrected chi connectivity index (χ4v) is 12.9. The Bertz CT molecular complexity index is 2730. The Kier molecular flexibility index (Phi) is 43.3. The third-order valence-corrected chi connectivity index (χ3v) is 18.4. The number of nitrogen functional groups attached to an aromatic ring is 4. The van der Waals surface area contributed by atoms with E-state index in [0.29, 0.717) is 47.9 Å². The van der Waals surface area contributed by atoms with Gasteiger partial charge in [-0.05, 0) is 25.0 Å². The lowest BCUT2D eigenvalue weighted by molar-refractivity contribution is 0.00122. The van der Waals surface area contributed by atoms with E-state index in [1.165, 1.54) is 193 Å². The maximum absolute atomic E-state index is 13.8. The Balaban J connectivity index is 0.000000396. The number of ether oxygens (including phenoxy) is 6. The van der Waals surface area contributed by atoms with Crippen molar-refractivity contribution in [2.24, 2.45) is 0 Å². The Morgan fingerprint density at radius 2 is 0.815 bits per heavy atom. The lowest BCUT2D eigenvalue weighted by Gasteiger charge is -2.23. The van der Waals surface area contributed by atoms with Gasteiger partial charge >= 0.3 is 15.2 Å². The molecule has 0 spiro atoms. The van der Waals surface area contributed by atoms with E-state index in [4.69, 9.17) is 64.9 Å². The molecule has 24 nitrogen and oxygen atoms in total. The van der Waals surface area contributed by atoms with Gasteiger partial charge in [-0.3, -0.25) is 9.09 Å². The van der Waals surface area contributed by atoms with Gasteiger partial charge in [-0.2, -0.15) is 19.9 Å². The number of nitrogens with zero attached hydrogens (tertiary/aromatic N) is 8. The van der Waals surface area contributed by atoms with Crippen LogP contribution in [0.15, 0.2) is 43.0 Å². The zero-order valence-corrected chi connectivity index (χ0v) is 58.3. The SMILES string of the molecule is CCCCCCCCCCCCCCCCCCOCCOP(=O)(CO[C@H](COC)Cn1cnc2c(N)nc(N)nc21)Oc1ccccc1.CCCCCCCCCCCCCCCCCCOCCOP(=O)(O)CO[C@H](COC)Cn1cnc2c(N)nc(N)nc21. The zero-order valence-electron chi connectivity index (χ0n) is 56.5. The van der Waals surface area contributed by atoms with Crippen LogP contribution < -0.4 is 27.5 Å². The number of benzene rings is 1. The molecule has 0 aliphatic rings. The van der Waals surface area contributed by atoms with Crippen molar-refractivity contribution < 1.29 is 56.0 Å². The highest BCUT2D eigenvalue weighted by Crippen LogP contribution is 2.48. The minimum Gasteiger partial charge on any atom is -0.423 e. The number of nitrogens with two attached hydrogens (primary N) is 4. The van der Waals surface area contributed by atoms with Crippen LogP contribution in [0.5, 0.6) is 5.75 Å². The van der Waals surface area contributed by atoms with E-state index in [0.717, 1.165) is 25.7 Å². The molecule has 5 rings (SSSR count). The molecule has 0 bridgehead atoms. The summed E-state index contributed by atoms with van der Waals surface area (Å²) < 4.78 is 80.2. The maximum atomic E-state index is 13.8. The Labute approximate surface area is 549 Å². The minimum atomic E-state index is -3.97. The molecule has 0 aliphatic carbocycles. The number of fused-ring (bicyclic) bond motifs is 2. The first-order chi connectivity index (χ1) is 44.8. The Morgan fingerprint density at radius 3 is 1.20 bits per heavy atom. The van der Waals surface area contributed by atoms with E-state index in [1.54, 1.807) is 46.8 Å². The van der Waals surface area contributed by atoms with Crippen LogP contribution in [0.4, 0.5) is 23.5 Å². The number of rotatable bonds is 58. The van der Waals surface area contributed by atoms with Gasteiger partial charge in [0.2, 0.25) is 11.9 Å². The van der Waals surface area contributed by atoms with Crippen molar-refractivity contribution in [1.82, 2.24) is 39.0 Å². The molecule has 524 valence electrons. The van der Waals surface area contributed by atoms with Crippen LogP contribution in [0.2, 0.25) is 0 Å². The topological polar surface area (TPSA) is 329 Å². The molecule has 0 amide bonds. The van der Waals surface area contributed by atoms with Gasteiger partial charge in [-0.1, -0.05) is 225 Å². The fourth-order valence-electron chi connectivity index (χ4n) is 10.7. The number of para-hydroxylation sites is 1. The van der Waals surface area contributed by atoms with Gasteiger partial charge in [-0.25, -0.2) is 14.5 Å². The van der Waals surface area contributed by atoms with Crippen LogP contribution in [0, 0.1) is 0 Å².